The van der Waals surface area contributed by atoms with Crippen LogP contribution in [-0.4, -0.2) is 48.6 Å². The monoisotopic (exact) mass is 315 g/mol. The summed E-state index contributed by atoms with van der Waals surface area (Å²) in [5.41, 5.74) is 5.61. The number of aryl methyl sites for hydroxylation is 1. The van der Waals surface area contributed by atoms with E-state index in [-0.39, 0.29) is 23.2 Å². The van der Waals surface area contributed by atoms with Crippen molar-refractivity contribution in [2.45, 2.75) is 37.6 Å². The fraction of sp³-hybridized carbons (Fsp3) is 0.667. The number of piperidine rings is 1. The Morgan fingerprint density at radius 2 is 2.05 bits per heavy atom. The maximum atomic E-state index is 12.2. The highest BCUT2D eigenvalue weighted by Gasteiger charge is 2.23. The Kier molecular flexibility index (Phi) is 4.84. The third-order valence-electron chi connectivity index (χ3n) is 3.49. The van der Waals surface area contributed by atoms with E-state index in [0.29, 0.717) is 19.6 Å². The zero-order valence-electron chi connectivity index (χ0n) is 12.1. The molecule has 3 N–H and O–H groups in total. The smallest absolute Gasteiger partial charge is 0.246 e. The molecule has 0 unspecified atom stereocenters. The summed E-state index contributed by atoms with van der Waals surface area (Å²) in [5, 5.41) is 3.89. The van der Waals surface area contributed by atoms with Gasteiger partial charge < -0.3 is 10.6 Å². The number of likely N-dealkylation sites (tertiary alicyclic amines) is 1. The largest absolute Gasteiger partial charge is 0.381 e. The second kappa shape index (κ2) is 6.44. The summed E-state index contributed by atoms with van der Waals surface area (Å²) in [6, 6.07) is 0. The molecule has 1 aromatic heterocycles. The molecular formula is C12H21N5O3S. The fourth-order valence-electron chi connectivity index (χ4n) is 2.28. The lowest BCUT2D eigenvalue weighted by atomic mass is 10.1. The molecule has 1 aliphatic rings. The van der Waals surface area contributed by atoms with E-state index in [1.54, 1.807) is 4.90 Å². The van der Waals surface area contributed by atoms with Gasteiger partial charge in [0.05, 0.1) is 6.54 Å². The van der Waals surface area contributed by atoms with Crippen LogP contribution in [-0.2, 0) is 21.4 Å². The summed E-state index contributed by atoms with van der Waals surface area (Å²) >= 11 is 0. The SMILES string of the molecule is CCn1cc(S(=O)(=O)NCC(=O)N2CCCCC2)c(N)n1. The second-order valence-electron chi connectivity index (χ2n) is 5.00. The number of amides is 1. The molecule has 0 radical (unpaired) electrons. The van der Waals surface area contributed by atoms with Crippen LogP contribution in [0.5, 0.6) is 0 Å². The molecule has 1 amide bonds. The molecular weight excluding hydrogens is 294 g/mol. The summed E-state index contributed by atoms with van der Waals surface area (Å²) < 4.78 is 28.0. The van der Waals surface area contributed by atoms with E-state index in [1.807, 2.05) is 6.92 Å². The van der Waals surface area contributed by atoms with Gasteiger partial charge in [-0.2, -0.15) is 5.10 Å². The number of hydrogen-bond donors (Lipinski definition) is 2. The number of carbonyl (C=O) groups excluding carboxylic acids is 1. The highest BCUT2D eigenvalue weighted by molar-refractivity contribution is 7.89. The number of anilines is 1. The average molecular weight is 315 g/mol. The van der Waals surface area contributed by atoms with Crippen LogP contribution in [0, 0.1) is 0 Å². The molecule has 21 heavy (non-hydrogen) atoms. The molecule has 0 aromatic carbocycles. The first-order chi connectivity index (χ1) is 9.94. The minimum Gasteiger partial charge on any atom is -0.381 e. The van der Waals surface area contributed by atoms with Crippen LogP contribution in [0.15, 0.2) is 11.1 Å². The van der Waals surface area contributed by atoms with Crippen molar-refractivity contribution in [2.75, 3.05) is 25.4 Å². The normalized spacial score (nSPS) is 16.1. The molecule has 0 saturated carbocycles. The lowest BCUT2D eigenvalue weighted by Gasteiger charge is -2.26. The Hall–Kier alpha value is -1.61. The number of nitrogens with one attached hydrogen (secondary N) is 1. The molecule has 2 heterocycles. The van der Waals surface area contributed by atoms with E-state index in [1.165, 1.54) is 10.9 Å². The van der Waals surface area contributed by atoms with Crippen LogP contribution in [0.2, 0.25) is 0 Å². The van der Waals surface area contributed by atoms with Gasteiger partial charge in [0.15, 0.2) is 5.82 Å². The third kappa shape index (κ3) is 3.73. The van der Waals surface area contributed by atoms with Gasteiger partial charge in [-0.1, -0.05) is 0 Å². The van der Waals surface area contributed by atoms with Crippen LogP contribution in [0.1, 0.15) is 26.2 Å². The van der Waals surface area contributed by atoms with Gasteiger partial charge in [0.25, 0.3) is 0 Å². The van der Waals surface area contributed by atoms with Gasteiger partial charge in [-0.3, -0.25) is 9.48 Å². The molecule has 0 spiro atoms. The van der Waals surface area contributed by atoms with Crippen LogP contribution in [0.3, 0.4) is 0 Å². The van der Waals surface area contributed by atoms with Crippen LogP contribution < -0.4 is 10.5 Å². The highest BCUT2D eigenvalue weighted by Crippen LogP contribution is 2.16. The molecule has 0 atom stereocenters. The maximum absolute atomic E-state index is 12.2. The number of nitrogens with zero attached hydrogens (tertiary/aromatic N) is 3. The number of rotatable bonds is 5. The van der Waals surface area contributed by atoms with Crippen LogP contribution in [0.25, 0.3) is 0 Å². The van der Waals surface area contributed by atoms with E-state index in [0.717, 1.165) is 19.3 Å². The minimum atomic E-state index is -3.82. The zero-order chi connectivity index (χ0) is 15.5. The summed E-state index contributed by atoms with van der Waals surface area (Å²) in [4.78, 5) is 13.6. The van der Waals surface area contributed by atoms with Gasteiger partial charge in [0.2, 0.25) is 15.9 Å². The van der Waals surface area contributed by atoms with Crippen molar-refractivity contribution in [2.24, 2.45) is 0 Å². The van der Waals surface area contributed by atoms with E-state index < -0.39 is 10.0 Å². The standard InChI is InChI=1S/C12H21N5O3S/c1-2-17-9-10(12(13)15-17)21(19,20)14-8-11(18)16-6-4-3-5-7-16/h9,14H,2-8H2,1H3,(H2,13,15). The predicted octanol–water partition coefficient (Wildman–Crippen LogP) is -0.224. The van der Waals surface area contributed by atoms with Gasteiger partial charge in [-0.05, 0) is 26.2 Å². The molecule has 0 bridgehead atoms. The highest BCUT2D eigenvalue weighted by atomic mass is 32.2. The van der Waals surface area contributed by atoms with Crippen LogP contribution in [0.4, 0.5) is 5.82 Å². The summed E-state index contributed by atoms with van der Waals surface area (Å²) in [6.45, 7) is 3.48. The van der Waals surface area contributed by atoms with Crippen molar-refractivity contribution in [3.8, 4) is 0 Å². The third-order valence-corrected chi connectivity index (χ3v) is 4.91. The summed E-state index contributed by atoms with van der Waals surface area (Å²) in [6.07, 6.45) is 4.41. The molecule has 1 aromatic rings. The molecule has 8 nitrogen and oxygen atoms in total. The minimum absolute atomic E-state index is 0.0604. The van der Waals surface area contributed by atoms with E-state index in [9.17, 15) is 13.2 Å². The van der Waals surface area contributed by atoms with E-state index >= 15 is 0 Å². The Morgan fingerprint density at radius 1 is 1.38 bits per heavy atom. The second-order valence-corrected chi connectivity index (χ2v) is 6.74. The lowest BCUT2D eigenvalue weighted by molar-refractivity contribution is -0.130. The Labute approximate surface area is 124 Å². The number of nitrogen functional groups attached to an aromatic ring is 1. The molecule has 1 saturated heterocycles. The number of sulfonamides is 1. The van der Waals surface area contributed by atoms with Gasteiger partial charge in [0.1, 0.15) is 4.90 Å². The van der Waals surface area contributed by atoms with Crippen molar-refractivity contribution in [3.63, 3.8) is 0 Å². The first-order valence-corrected chi connectivity index (χ1v) is 8.52. The molecule has 1 fully saturated rings. The first kappa shape index (κ1) is 15.8. The molecule has 9 heteroatoms. The molecule has 1 aliphatic heterocycles. The van der Waals surface area contributed by atoms with Crippen molar-refractivity contribution in [1.29, 1.82) is 0 Å². The lowest BCUT2D eigenvalue weighted by Crippen LogP contribution is -2.42. The number of aromatic nitrogens is 2. The van der Waals surface area contributed by atoms with Crippen molar-refractivity contribution < 1.29 is 13.2 Å². The predicted molar refractivity (Wildman–Crippen MR) is 77.9 cm³/mol. The Balaban J connectivity index is 2.00. The van der Waals surface area contributed by atoms with E-state index in [4.69, 9.17) is 5.73 Å². The van der Waals surface area contributed by atoms with Gasteiger partial charge in [-0.25, -0.2) is 13.1 Å². The summed E-state index contributed by atoms with van der Waals surface area (Å²) in [7, 11) is -3.82. The Bertz CT molecular complexity index is 604. The van der Waals surface area contributed by atoms with Gasteiger partial charge >= 0.3 is 0 Å². The van der Waals surface area contributed by atoms with Gasteiger partial charge in [-0.15, -0.1) is 0 Å². The van der Waals surface area contributed by atoms with Crippen molar-refractivity contribution in [1.82, 2.24) is 19.4 Å². The number of carbonyl (C=O) groups is 1. The first-order valence-electron chi connectivity index (χ1n) is 7.04. The molecule has 118 valence electrons. The Morgan fingerprint density at radius 3 is 2.62 bits per heavy atom. The van der Waals surface area contributed by atoms with Gasteiger partial charge in [0, 0.05) is 25.8 Å². The van der Waals surface area contributed by atoms with Crippen molar-refractivity contribution in [3.05, 3.63) is 6.20 Å². The van der Waals surface area contributed by atoms with Crippen molar-refractivity contribution >= 4 is 21.7 Å². The fourth-order valence-corrected chi connectivity index (χ4v) is 3.32. The quantitative estimate of drug-likeness (QED) is 0.780. The number of hydrogen-bond acceptors (Lipinski definition) is 5. The van der Waals surface area contributed by atoms with Crippen LogP contribution >= 0.6 is 0 Å². The average Bonchev–Trinajstić information content (AvgIpc) is 2.88. The number of nitrogens with two attached hydrogens (primary N) is 1. The molecule has 0 aliphatic carbocycles. The maximum Gasteiger partial charge on any atom is 0.246 e. The topological polar surface area (TPSA) is 110 Å². The zero-order valence-corrected chi connectivity index (χ0v) is 12.9. The van der Waals surface area contributed by atoms with E-state index in [2.05, 4.69) is 9.82 Å². The summed E-state index contributed by atoms with van der Waals surface area (Å²) in [5.74, 6) is -0.269. The molecule has 2 rings (SSSR count).